The van der Waals surface area contributed by atoms with E-state index < -0.39 is 0 Å². The normalized spacial score (nSPS) is 10.9. The smallest absolute Gasteiger partial charge is 0.230 e. The molecular weight excluding hydrogens is 366 g/mol. The van der Waals surface area contributed by atoms with Crippen LogP contribution in [0.25, 0.3) is 21.7 Å². The van der Waals surface area contributed by atoms with Crippen LogP contribution in [0.1, 0.15) is 5.56 Å². The first-order chi connectivity index (χ1) is 12.8. The number of carbonyl (C=O) groups excluding carboxylic acids is 1. The lowest BCUT2D eigenvalue weighted by Gasteiger charge is -2.08. The van der Waals surface area contributed by atoms with Gasteiger partial charge < -0.3 is 9.73 Å². The molecule has 7 heteroatoms. The highest BCUT2D eigenvalue weighted by Gasteiger charge is 2.11. The summed E-state index contributed by atoms with van der Waals surface area (Å²) in [5.41, 5.74) is 2.64. The lowest BCUT2D eigenvalue weighted by molar-refractivity contribution is -0.118. The Morgan fingerprint density at radius 3 is 2.92 bits per heavy atom. The van der Waals surface area contributed by atoms with Gasteiger partial charge in [-0.05, 0) is 30.3 Å². The number of para-hydroxylation sites is 1. The molecule has 5 nitrogen and oxygen atoms in total. The van der Waals surface area contributed by atoms with Crippen molar-refractivity contribution in [1.29, 1.82) is 0 Å². The van der Waals surface area contributed by atoms with E-state index in [1.165, 1.54) is 11.8 Å². The molecular formula is C19H15N3O2S2. The van der Waals surface area contributed by atoms with Crippen LogP contribution >= 0.6 is 23.1 Å². The largest absolute Gasteiger partial charge is 0.463 e. The quantitative estimate of drug-likeness (QED) is 0.503. The Morgan fingerprint density at radius 2 is 2.08 bits per heavy atom. The zero-order chi connectivity index (χ0) is 17.8. The fourth-order valence-corrected chi connectivity index (χ4v) is 4.40. The van der Waals surface area contributed by atoms with E-state index in [-0.39, 0.29) is 5.91 Å². The van der Waals surface area contributed by atoms with Crippen molar-refractivity contribution in [2.45, 2.75) is 10.9 Å². The van der Waals surface area contributed by atoms with E-state index in [2.05, 4.69) is 15.3 Å². The lowest BCUT2D eigenvalue weighted by atomic mass is 10.1. The average Bonchev–Trinajstić information content (AvgIpc) is 3.34. The van der Waals surface area contributed by atoms with Gasteiger partial charge in [0.05, 0.1) is 22.2 Å². The number of furan rings is 1. The first kappa shape index (κ1) is 16.8. The SMILES string of the molecule is O=C(CSc1nc2ccccc2s1)NCc1cccnc1-c1ccco1. The maximum Gasteiger partial charge on any atom is 0.230 e. The van der Waals surface area contributed by atoms with Gasteiger partial charge in [0, 0.05) is 18.3 Å². The number of nitrogens with one attached hydrogen (secondary N) is 1. The molecule has 0 aliphatic heterocycles. The van der Waals surface area contributed by atoms with Gasteiger partial charge in [0.25, 0.3) is 0 Å². The van der Waals surface area contributed by atoms with Crippen molar-refractivity contribution in [3.05, 3.63) is 66.6 Å². The van der Waals surface area contributed by atoms with Crippen LogP contribution in [0.5, 0.6) is 0 Å². The van der Waals surface area contributed by atoms with Crippen molar-refractivity contribution >= 4 is 39.2 Å². The Labute approximate surface area is 158 Å². The summed E-state index contributed by atoms with van der Waals surface area (Å²) in [6, 6.07) is 15.4. The summed E-state index contributed by atoms with van der Waals surface area (Å²) >= 11 is 3.06. The predicted molar refractivity (Wildman–Crippen MR) is 104 cm³/mol. The number of fused-ring (bicyclic) bond motifs is 1. The van der Waals surface area contributed by atoms with Gasteiger partial charge >= 0.3 is 0 Å². The maximum absolute atomic E-state index is 12.2. The van der Waals surface area contributed by atoms with Crippen molar-refractivity contribution in [1.82, 2.24) is 15.3 Å². The molecule has 0 saturated heterocycles. The van der Waals surface area contributed by atoms with Gasteiger partial charge in [-0.3, -0.25) is 9.78 Å². The van der Waals surface area contributed by atoms with Crippen LogP contribution in [0.15, 0.2) is 69.7 Å². The minimum atomic E-state index is -0.0384. The monoisotopic (exact) mass is 381 g/mol. The molecule has 0 aliphatic rings. The topological polar surface area (TPSA) is 68.0 Å². The molecule has 0 bridgehead atoms. The fraction of sp³-hybridized carbons (Fsp3) is 0.105. The molecule has 4 aromatic rings. The number of thiazole rings is 1. The number of hydrogen-bond donors (Lipinski definition) is 1. The van der Waals surface area contributed by atoms with Crippen LogP contribution in [0, 0.1) is 0 Å². The van der Waals surface area contributed by atoms with E-state index in [0.717, 1.165) is 25.8 Å². The van der Waals surface area contributed by atoms with E-state index in [1.54, 1.807) is 23.8 Å². The van der Waals surface area contributed by atoms with Crippen LogP contribution in [-0.2, 0) is 11.3 Å². The number of amides is 1. The van der Waals surface area contributed by atoms with Crippen molar-refractivity contribution in [2.75, 3.05) is 5.75 Å². The zero-order valence-electron chi connectivity index (χ0n) is 13.7. The Balaban J connectivity index is 1.36. The van der Waals surface area contributed by atoms with E-state index in [4.69, 9.17) is 4.42 Å². The minimum Gasteiger partial charge on any atom is -0.463 e. The average molecular weight is 381 g/mol. The molecule has 1 aromatic carbocycles. The van der Waals surface area contributed by atoms with Crippen molar-refractivity contribution < 1.29 is 9.21 Å². The molecule has 0 spiro atoms. The third-order valence-electron chi connectivity index (χ3n) is 3.72. The molecule has 0 saturated carbocycles. The number of thioether (sulfide) groups is 1. The van der Waals surface area contributed by atoms with E-state index in [1.807, 2.05) is 48.5 Å². The molecule has 0 unspecified atom stereocenters. The first-order valence-corrected chi connectivity index (χ1v) is 9.82. The third kappa shape index (κ3) is 3.79. The Bertz CT molecular complexity index is 995. The molecule has 3 aromatic heterocycles. The van der Waals surface area contributed by atoms with E-state index in [9.17, 15) is 4.79 Å². The minimum absolute atomic E-state index is 0.0384. The van der Waals surface area contributed by atoms with Crippen molar-refractivity contribution in [3.63, 3.8) is 0 Å². The molecule has 26 heavy (non-hydrogen) atoms. The number of pyridine rings is 1. The predicted octanol–water partition coefficient (Wildman–Crippen LogP) is 4.36. The second-order valence-corrected chi connectivity index (χ2v) is 7.75. The summed E-state index contributed by atoms with van der Waals surface area (Å²) in [5.74, 6) is 0.984. The number of aromatic nitrogens is 2. The highest BCUT2D eigenvalue weighted by atomic mass is 32.2. The van der Waals surface area contributed by atoms with Crippen LogP contribution < -0.4 is 5.32 Å². The molecule has 0 fully saturated rings. The van der Waals surface area contributed by atoms with Gasteiger partial charge in [-0.25, -0.2) is 4.98 Å². The van der Waals surface area contributed by atoms with E-state index >= 15 is 0 Å². The molecule has 0 atom stereocenters. The Kier molecular flexibility index (Phi) is 4.99. The number of hydrogen-bond acceptors (Lipinski definition) is 6. The van der Waals surface area contributed by atoms with Crippen LogP contribution in [0.2, 0.25) is 0 Å². The van der Waals surface area contributed by atoms with Crippen LogP contribution in [-0.4, -0.2) is 21.6 Å². The van der Waals surface area contributed by atoms with Gasteiger partial charge in [-0.1, -0.05) is 30.0 Å². The van der Waals surface area contributed by atoms with Gasteiger partial charge in [0.2, 0.25) is 5.91 Å². The maximum atomic E-state index is 12.2. The summed E-state index contributed by atoms with van der Waals surface area (Å²) < 4.78 is 7.45. The standard InChI is InChI=1S/C19H15N3O2S2/c23-17(12-25-19-22-14-6-1-2-8-16(14)26-19)21-11-13-5-3-9-20-18(13)15-7-4-10-24-15/h1-10H,11-12H2,(H,21,23). The summed E-state index contributed by atoms with van der Waals surface area (Å²) in [4.78, 5) is 21.1. The highest BCUT2D eigenvalue weighted by molar-refractivity contribution is 8.01. The summed E-state index contributed by atoms with van der Waals surface area (Å²) in [6.45, 7) is 0.406. The Morgan fingerprint density at radius 1 is 1.15 bits per heavy atom. The van der Waals surface area contributed by atoms with Gasteiger partial charge in [0.1, 0.15) is 5.69 Å². The first-order valence-electron chi connectivity index (χ1n) is 8.02. The zero-order valence-corrected chi connectivity index (χ0v) is 15.3. The molecule has 1 amide bonds. The third-order valence-corrected chi connectivity index (χ3v) is 5.90. The van der Waals surface area contributed by atoms with Crippen molar-refractivity contribution in [3.8, 4) is 11.5 Å². The van der Waals surface area contributed by atoms with Gasteiger partial charge in [0.15, 0.2) is 10.1 Å². The van der Waals surface area contributed by atoms with Gasteiger partial charge in [-0.15, -0.1) is 11.3 Å². The highest BCUT2D eigenvalue weighted by Crippen LogP contribution is 2.29. The second kappa shape index (κ2) is 7.72. The second-order valence-electron chi connectivity index (χ2n) is 5.50. The number of rotatable bonds is 6. The van der Waals surface area contributed by atoms with Gasteiger partial charge in [-0.2, -0.15) is 0 Å². The fourth-order valence-electron chi connectivity index (χ4n) is 2.50. The van der Waals surface area contributed by atoms with Crippen LogP contribution in [0.4, 0.5) is 0 Å². The summed E-state index contributed by atoms with van der Waals surface area (Å²) in [6.07, 6.45) is 3.33. The molecule has 3 heterocycles. The Hall–Kier alpha value is -2.64. The molecule has 1 N–H and O–H groups in total. The molecule has 130 valence electrons. The lowest BCUT2D eigenvalue weighted by Crippen LogP contribution is -2.24. The van der Waals surface area contributed by atoms with E-state index in [0.29, 0.717) is 18.1 Å². The molecule has 0 radical (unpaired) electrons. The number of nitrogens with zero attached hydrogens (tertiary/aromatic N) is 2. The van der Waals surface area contributed by atoms with Crippen molar-refractivity contribution in [2.24, 2.45) is 0 Å². The molecule has 4 rings (SSSR count). The molecule has 0 aliphatic carbocycles. The summed E-state index contributed by atoms with van der Waals surface area (Å²) in [5, 5.41) is 2.94. The number of carbonyl (C=O) groups is 1. The summed E-state index contributed by atoms with van der Waals surface area (Å²) in [7, 11) is 0. The van der Waals surface area contributed by atoms with Crippen LogP contribution in [0.3, 0.4) is 0 Å². The number of benzene rings is 1.